The Labute approximate surface area is 165 Å². The third-order valence-corrected chi connectivity index (χ3v) is 4.17. The van der Waals surface area contributed by atoms with Crippen LogP contribution < -0.4 is 21.1 Å². The van der Waals surface area contributed by atoms with Gasteiger partial charge in [-0.05, 0) is 42.0 Å². The summed E-state index contributed by atoms with van der Waals surface area (Å²) in [6.07, 6.45) is 1.52. The smallest absolute Gasteiger partial charge is 0.275 e. The number of carbonyl (C=O) groups is 2. The van der Waals surface area contributed by atoms with Crippen LogP contribution in [-0.2, 0) is 6.54 Å². The molecule has 1 heterocycles. The van der Waals surface area contributed by atoms with Gasteiger partial charge in [0.15, 0.2) is 0 Å². The highest BCUT2D eigenvalue weighted by atomic mass is 19.1. The first-order valence-electron chi connectivity index (χ1n) is 8.67. The van der Waals surface area contributed by atoms with Crippen molar-refractivity contribution in [3.63, 3.8) is 0 Å². The Hall–Kier alpha value is -3.94. The Kier molecular flexibility index (Phi) is 6.03. The zero-order chi connectivity index (χ0) is 20.8. The number of para-hydroxylation sites is 1. The number of pyridine rings is 1. The van der Waals surface area contributed by atoms with E-state index >= 15 is 0 Å². The molecule has 0 bridgehead atoms. The van der Waals surface area contributed by atoms with E-state index < -0.39 is 17.4 Å². The first kappa shape index (κ1) is 19.8. The molecule has 29 heavy (non-hydrogen) atoms. The second-order valence-electron chi connectivity index (χ2n) is 6.09. The molecule has 0 radical (unpaired) electrons. The number of ether oxygens (including phenoxy) is 1. The number of hydrazine groups is 1. The maximum absolute atomic E-state index is 13.0. The highest BCUT2D eigenvalue weighted by Crippen LogP contribution is 2.16. The molecule has 2 N–H and O–H groups in total. The van der Waals surface area contributed by atoms with Crippen molar-refractivity contribution in [3.8, 4) is 5.75 Å². The largest absolute Gasteiger partial charge is 0.496 e. The number of methoxy groups -OCH3 is 1. The van der Waals surface area contributed by atoms with Gasteiger partial charge in [0.25, 0.3) is 17.4 Å². The zero-order valence-corrected chi connectivity index (χ0v) is 15.5. The quantitative estimate of drug-likeness (QED) is 0.648. The number of benzene rings is 2. The van der Waals surface area contributed by atoms with Crippen molar-refractivity contribution in [2.75, 3.05) is 7.11 Å². The molecular formula is C21H18FN3O4. The predicted molar refractivity (Wildman–Crippen MR) is 104 cm³/mol. The van der Waals surface area contributed by atoms with Gasteiger partial charge in [-0.1, -0.05) is 24.3 Å². The van der Waals surface area contributed by atoms with Crippen molar-refractivity contribution in [2.24, 2.45) is 0 Å². The average Bonchev–Trinajstić information content (AvgIpc) is 2.74. The van der Waals surface area contributed by atoms with Crippen LogP contribution in [-0.4, -0.2) is 23.5 Å². The van der Waals surface area contributed by atoms with Gasteiger partial charge < -0.3 is 9.30 Å². The third-order valence-electron chi connectivity index (χ3n) is 4.17. The Balaban J connectivity index is 1.72. The summed E-state index contributed by atoms with van der Waals surface area (Å²) in [6.45, 7) is 0.174. The van der Waals surface area contributed by atoms with E-state index in [1.807, 2.05) is 0 Å². The molecule has 0 aliphatic rings. The second kappa shape index (κ2) is 8.83. The fourth-order valence-electron chi connectivity index (χ4n) is 2.70. The van der Waals surface area contributed by atoms with Crippen LogP contribution in [0.25, 0.3) is 0 Å². The molecule has 148 valence electrons. The Morgan fingerprint density at radius 3 is 2.24 bits per heavy atom. The third kappa shape index (κ3) is 4.67. The minimum absolute atomic E-state index is 0.144. The molecule has 0 saturated carbocycles. The van der Waals surface area contributed by atoms with Crippen LogP contribution in [0.5, 0.6) is 5.75 Å². The summed E-state index contributed by atoms with van der Waals surface area (Å²) < 4.78 is 19.5. The minimum Gasteiger partial charge on any atom is -0.496 e. The van der Waals surface area contributed by atoms with Crippen LogP contribution in [0.15, 0.2) is 71.7 Å². The Bertz CT molecular complexity index is 1090. The maximum Gasteiger partial charge on any atom is 0.275 e. The van der Waals surface area contributed by atoms with Gasteiger partial charge >= 0.3 is 0 Å². The van der Waals surface area contributed by atoms with Crippen LogP contribution in [0, 0.1) is 5.82 Å². The van der Waals surface area contributed by atoms with Crippen LogP contribution in [0.3, 0.4) is 0 Å². The minimum atomic E-state index is -0.758. The van der Waals surface area contributed by atoms with E-state index in [4.69, 9.17) is 4.74 Å². The highest BCUT2D eigenvalue weighted by Gasteiger charge is 2.15. The zero-order valence-electron chi connectivity index (χ0n) is 15.5. The molecule has 0 saturated heterocycles. The number of nitrogens with zero attached hydrogens (tertiary/aromatic N) is 1. The van der Waals surface area contributed by atoms with Crippen molar-refractivity contribution in [3.05, 3.63) is 99.7 Å². The number of rotatable bonds is 5. The van der Waals surface area contributed by atoms with Crippen molar-refractivity contribution in [1.82, 2.24) is 15.4 Å². The van der Waals surface area contributed by atoms with Gasteiger partial charge in [0.2, 0.25) is 0 Å². The second-order valence-corrected chi connectivity index (χ2v) is 6.09. The first-order chi connectivity index (χ1) is 14.0. The SMILES string of the molecule is COc1ccccc1C(=O)NNC(=O)c1cccn(Cc2ccc(F)cc2)c1=O. The molecule has 8 heteroatoms. The monoisotopic (exact) mass is 395 g/mol. The summed E-state index contributed by atoms with van der Waals surface area (Å²) in [7, 11) is 1.43. The molecule has 0 fully saturated rings. The van der Waals surface area contributed by atoms with Crippen LogP contribution in [0.4, 0.5) is 4.39 Å². The average molecular weight is 395 g/mol. The fraction of sp³-hybridized carbons (Fsp3) is 0.0952. The fourth-order valence-corrected chi connectivity index (χ4v) is 2.70. The number of carbonyl (C=O) groups excluding carboxylic acids is 2. The lowest BCUT2D eigenvalue weighted by atomic mass is 10.2. The Morgan fingerprint density at radius 2 is 1.55 bits per heavy atom. The van der Waals surface area contributed by atoms with E-state index in [1.165, 1.54) is 36.1 Å². The number of aromatic nitrogens is 1. The standard InChI is InChI=1S/C21H18FN3O4/c1-29-18-7-3-2-5-16(18)19(26)23-24-20(27)17-6-4-12-25(21(17)28)13-14-8-10-15(22)11-9-14/h2-12H,13H2,1H3,(H,23,26)(H,24,27). The van der Waals surface area contributed by atoms with E-state index in [9.17, 15) is 18.8 Å². The van der Waals surface area contributed by atoms with Crippen molar-refractivity contribution >= 4 is 11.8 Å². The number of hydrogen-bond acceptors (Lipinski definition) is 4. The molecule has 1 aromatic heterocycles. The van der Waals surface area contributed by atoms with Gasteiger partial charge in [-0.2, -0.15) is 0 Å². The van der Waals surface area contributed by atoms with Crippen molar-refractivity contribution < 1.29 is 18.7 Å². The number of hydrogen-bond donors (Lipinski definition) is 2. The molecule has 3 rings (SSSR count). The molecule has 2 amide bonds. The molecular weight excluding hydrogens is 377 g/mol. The molecule has 0 aliphatic carbocycles. The van der Waals surface area contributed by atoms with Gasteiger partial charge in [-0.3, -0.25) is 25.2 Å². The van der Waals surface area contributed by atoms with E-state index in [2.05, 4.69) is 10.9 Å². The molecule has 7 nitrogen and oxygen atoms in total. The molecule has 0 spiro atoms. The summed E-state index contributed by atoms with van der Waals surface area (Å²) in [5.74, 6) is -1.37. The lowest BCUT2D eigenvalue weighted by Gasteiger charge is -2.11. The number of nitrogens with one attached hydrogen (secondary N) is 2. The summed E-state index contributed by atoms with van der Waals surface area (Å²) in [4.78, 5) is 37.2. The van der Waals surface area contributed by atoms with E-state index in [1.54, 1.807) is 42.5 Å². The summed E-state index contributed by atoms with van der Waals surface area (Å²) >= 11 is 0. The van der Waals surface area contributed by atoms with E-state index in [0.29, 0.717) is 11.3 Å². The van der Waals surface area contributed by atoms with Gasteiger partial charge in [0, 0.05) is 6.20 Å². The van der Waals surface area contributed by atoms with Crippen LogP contribution in [0.2, 0.25) is 0 Å². The van der Waals surface area contributed by atoms with Gasteiger partial charge in [-0.15, -0.1) is 0 Å². The van der Waals surface area contributed by atoms with Crippen molar-refractivity contribution in [1.29, 1.82) is 0 Å². The highest BCUT2D eigenvalue weighted by molar-refractivity contribution is 6.00. The predicted octanol–water partition coefficient (Wildman–Crippen LogP) is 2.12. The van der Waals surface area contributed by atoms with Crippen LogP contribution in [0.1, 0.15) is 26.3 Å². The molecule has 0 atom stereocenters. The molecule has 0 unspecified atom stereocenters. The summed E-state index contributed by atoms with van der Waals surface area (Å²) in [5.41, 5.74) is 4.75. The topological polar surface area (TPSA) is 89.4 Å². The van der Waals surface area contributed by atoms with E-state index in [0.717, 1.165) is 0 Å². The van der Waals surface area contributed by atoms with Gasteiger partial charge in [0.1, 0.15) is 17.1 Å². The molecule has 3 aromatic rings. The Morgan fingerprint density at radius 1 is 0.931 bits per heavy atom. The van der Waals surface area contributed by atoms with Crippen LogP contribution >= 0.6 is 0 Å². The lowest BCUT2D eigenvalue weighted by molar-refractivity contribution is 0.0843. The first-order valence-corrected chi connectivity index (χ1v) is 8.67. The molecule has 0 aliphatic heterocycles. The van der Waals surface area contributed by atoms with Crippen molar-refractivity contribution in [2.45, 2.75) is 6.54 Å². The molecule has 2 aromatic carbocycles. The normalized spacial score (nSPS) is 10.3. The summed E-state index contributed by atoms with van der Waals surface area (Å²) in [6, 6.07) is 15.1. The maximum atomic E-state index is 13.0. The number of amides is 2. The lowest BCUT2D eigenvalue weighted by Crippen LogP contribution is -2.44. The van der Waals surface area contributed by atoms with E-state index in [-0.39, 0.29) is 23.5 Å². The summed E-state index contributed by atoms with van der Waals surface area (Å²) in [5, 5.41) is 0. The van der Waals surface area contributed by atoms with Gasteiger partial charge in [-0.25, -0.2) is 4.39 Å². The number of halogens is 1. The van der Waals surface area contributed by atoms with Gasteiger partial charge in [0.05, 0.1) is 19.2 Å².